The smallest absolute Gasteiger partial charge is 0.114 e. The standard InChI is InChI=1S/C64H46N2Si/c1-67(2)63-32-13-11-26-55(63)56-29-16-30-57(64(56)67)59-41-58-54-25-10-12-31-60(54)66(47-21-4-3-5-22-47)62(58)42-61(59)65(48-37-33-45(34-38-48)52-27-14-19-43-17-6-8-23-50(43)52)49-39-35-46(36-40-49)53-28-15-20-44-18-7-9-24-51(44)53/h3-42H,1-2H3. The molecule has 1 aliphatic rings. The fourth-order valence-corrected chi connectivity index (χ4v) is 14.8. The van der Waals surface area contributed by atoms with Gasteiger partial charge in [0.15, 0.2) is 0 Å². The van der Waals surface area contributed by atoms with E-state index in [4.69, 9.17) is 0 Å². The zero-order chi connectivity index (χ0) is 44.6. The first-order valence-corrected chi connectivity index (χ1v) is 26.3. The molecule has 2 nitrogen and oxygen atoms in total. The molecule has 0 unspecified atom stereocenters. The highest BCUT2D eigenvalue weighted by Gasteiger charge is 2.40. The summed E-state index contributed by atoms with van der Waals surface area (Å²) >= 11 is 0. The van der Waals surface area contributed by atoms with Crippen LogP contribution in [-0.2, 0) is 0 Å². The van der Waals surface area contributed by atoms with Gasteiger partial charge >= 0.3 is 0 Å². The lowest BCUT2D eigenvalue weighted by Crippen LogP contribution is -2.50. The number of rotatable bonds is 7. The van der Waals surface area contributed by atoms with E-state index in [9.17, 15) is 0 Å². The van der Waals surface area contributed by atoms with Crippen molar-refractivity contribution in [2.45, 2.75) is 13.1 Å². The van der Waals surface area contributed by atoms with Gasteiger partial charge in [-0.05, 0) is 125 Å². The van der Waals surface area contributed by atoms with Crippen LogP contribution in [0.1, 0.15) is 0 Å². The van der Waals surface area contributed by atoms with Gasteiger partial charge in [-0.3, -0.25) is 0 Å². The fraction of sp³-hybridized carbons (Fsp3) is 0.0312. The van der Waals surface area contributed by atoms with Crippen molar-refractivity contribution in [3.05, 3.63) is 243 Å². The van der Waals surface area contributed by atoms with Crippen LogP contribution in [0.4, 0.5) is 17.1 Å². The Morgan fingerprint density at radius 3 is 1.46 bits per heavy atom. The molecule has 13 rings (SSSR count). The molecule has 0 saturated carbocycles. The number of hydrogen-bond acceptors (Lipinski definition) is 1. The van der Waals surface area contributed by atoms with E-state index in [1.807, 2.05) is 0 Å². The van der Waals surface area contributed by atoms with Crippen LogP contribution in [0.2, 0.25) is 13.1 Å². The van der Waals surface area contributed by atoms with E-state index < -0.39 is 8.07 Å². The summed E-state index contributed by atoms with van der Waals surface area (Å²) in [5.74, 6) is 0. The number of para-hydroxylation sites is 2. The van der Waals surface area contributed by atoms with Crippen molar-refractivity contribution in [3.63, 3.8) is 0 Å². The van der Waals surface area contributed by atoms with Crippen molar-refractivity contribution in [1.82, 2.24) is 4.57 Å². The van der Waals surface area contributed by atoms with Gasteiger partial charge < -0.3 is 9.47 Å². The second-order valence-corrected chi connectivity index (χ2v) is 22.7. The van der Waals surface area contributed by atoms with Crippen LogP contribution in [-0.4, -0.2) is 12.6 Å². The van der Waals surface area contributed by atoms with Crippen molar-refractivity contribution >= 4 is 78.9 Å². The Morgan fingerprint density at radius 1 is 0.343 bits per heavy atom. The molecule has 0 aliphatic carbocycles. The summed E-state index contributed by atoms with van der Waals surface area (Å²) in [5, 5.41) is 10.5. The molecule has 3 heteroatoms. The van der Waals surface area contributed by atoms with E-state index >= 15 is 0 Å². The number of anilines is 3. The van der Waals surface area contributed by atoms with Crippen molar-refractivity contribution < 1.29 is 0 Å². The topological polar surface area (TPSA) is 8.17 Å². The second kappa shape index (κ2) is 15.4. The van der Waals surface area contributed by atoms with Gasteiger partial charge in [0.05, 0.1) is 16.7 Å². The number of aromatic nitrogens is 1. The lowest BCUT2D eigenvalue weighted by atomic mass is 9.94. The molecule has 0 N–H and O–H groups in total. The van der Waals surface area contributed by atoms with E-state index in [1.54, 1.807) is 0 Å². The molecule has 316 valence electrons. The molecule has 67 heavy (non-hydrogen) atoms. The normalized spacial score (nSPS) is 12.7. The van der Waals surface area contributed by atoms with Crippen LogP contribution in [0.15, 0.2) is 243 Å². The molecular formula is C64H46N2Si. The van der Waals surface area contributed by atoms with Crippen molar-refractivity contribution in [1.29, 1.82) is 0 Å². The van der Waals surface area contributed by atoms with Crippen molar-refractivity contribution in [2.75, 3.05) is 4.90 Å². The first kappa shape index (κ1) is 39.1. The number of nitrogens with zero attached hydrogens (tertiary/aromatic N) is 2. The maximum atomic E-state index is 2.54. The average Bonchev–Trinajstić information content (AvgIpc) is 3.84. The maximum Gasteiger partial charge on any atom is 0.114 e. The summed E-state index contributed by atoms with van der Waals surface area (Å²) in [5.41, 5.74) is 17.0. The molecule has 0 spiro atoms. The summed E-state index contributed by atoms with van der Waals surface area (Å²) in [6, 6.07) is 90.0. The summed E-state index contributed by atoms with van der Waals surface area (Å²) in [4.78, 5) is 2.51. The van der Waals surface area contributed by atoms with Crippen LogP contribution >= 0.6 is 0 Å². The van der Waals surface area contributed by atoms with Gasteiger partial charge in [0.1, 0.15) is 8.07 Å². The average molecular weight is 871 g/mol. The lowest BCUT2D eigenvalue weighted by molar-refractivity contribution is 1.18. The highest BCUT2D eigenvalue weighted by atomic mass is 28.3. The van der Waals surface area contributed by atoms with E-state index in [0.717, 1.165) is 22.7 Å². The molecule has 0 radical (unpaired) electrons. The lowest BCUT2D eigenvalue weighted by Gasteiger charge is -2.30. The third-order valence-electron chi connectivity index (χ3n) is 14.4. The summed E-state index contributed by atoms with van der Waals surface area (Å²) in [6.07, 6.45) is 0. The minimum atomic E-state index is -2.15. The minimum Gasteiger partial charge on any atom is -0.310 e. The highest BCUT2D eigenvalue weighted by molar-refractivity contribution is 7.04. The number of fused-ring (bicyclic) bond motifs is 8. The van der Waals surface area contributed by atoms with Gasteiger partial charge in [-0.15, -0.1) is 0 Å². The van der Waals surface area contributed by atoms with Gasteiger partial charge in [-0.2, -0.15) is 0 Å². The quantitative estimate of drug-likeness (QED) is 0.145. The Bertz CT molecular complexity index is 3750. The maximum absolute atomic E-state index is 2.54. The Hall–Kier alpha value is -8.24. The Morgan fingerprint density at radius 2 is 0.821 bits per heavy atom. The highest BCUT2D eigenvalue weighted by Crippen LogP contribution is 2.47. The number of benzene rings is 11. The Balaban J connectivity index is 1.10. The molecule has 12 aromatic rings. The van der Waals surface area contributed by atoms with Crippen LogP contribution in [0.5, 0.6) is 0 Å². The molecule has 2 heterocycles. The predicted octanol–water partition coefficient (Wildman–Crippen LogP) is 16.4. The van der Waals surface area contributed by atoms with Crippen LogP contribution in [0.25, 0.3) is 93.5 Å². The van der Waals surface area contributed by atoms with E-state index in [0.29, 0.717) is 0 Å². The molecule has 0 amide bonds. The van der Waals surface area contributed by atoms with Crippen LogP contribution < -0.4 is 15.3 Å². The van der Waals surface area contributed by atoms with Crippen LogP contribution in [0.3, 0.4) is 0 Å². The predicted molar refractivity (Wildman–Crippen MR) is 289 cm³/mol. The first-order chi connectivity index (χ1) is 33.0. The Kier molecular flexibility index (Phi) is 9.02. The molecular weight excluding hydrogens is 825 g/mol. The van der Waals surface area contributed by atoms with Crippen molar-refractivity contribution in [3.8, 4) is 50.2 Å². The first-order valence-electron chi connectivity index (χ1n) is 23.3. The van der Waals surface area contributed by atoms with E-state index in [-0.39, 0.29) is 0 Å². The van der Waals surface area contributed by atoms with Gasteiger partial charge in [-0.1, -0.05) is 201 Å². The third kappa shape index (κ3) is 6.23. The Labute approximate surface area is 392 Å². The van der Waals surface area contributed by atoms with E-state index in [2.05, 4.69) is 265 Å². The number of hydrogen-bond donors (Lipinski definition) is 0. The molecule has 0 bridgehead atoms. The van der Waals surface area contributed by atoms with Crippen LogP contribution in [0, 0.1) is 0 Å². The molecule has 1 aromatic heterocycles. The summed E-state index contributed by atoms with van der Waals surface area (Å²) in [7, 11) is -2.15. The minimum absolute atomic E-state index is 1.09. The third-order valence-corrected chi connectivity index (χ3v) is 17.9. The van der Waals surface area contributed by atoms with Gasteiger partial charge in [-0.25, -0.2) is 0 Å². The van der Waals surface area contributed by atoms with E-state index in [1.165, 1.54) is 98.2 Å². The summed E-state index contributed by atoms with van der Waals surface area (Å²) in [6.45, 7) is 5.08. The molecule has 1 aliphatic heterocycles. The summed E-state index contributed by atoms with van der Waals surface area (Å²) < 4.78 is 2.45. The molecule has 0 atom stereocenters. The van der Waals surface area contributed by atoms with Gasteiger partial charge in [0.25, 0.3) is 0 Å². The largest absolute Gasteiger partial charge is 0.310 e. The zero-order valence-electron chi connectivity index (χ0n) is 37.5. The van der Waals surface area contributed by atoms with Gasteiger partial charge in [0.2, 0.25) is 0 Å². The zero-order valence-corrected chi connectivity index (χ0v) is 38.5. The molecule has 11 aromatic carbocycles. The molecule has 0 saturated heterocycles. The monoisotopic (exact) mass is 870 g/mol. The van der Waals surface area contributed by atoms with Gasteiger partial charge in [0, 0.05) is 33.4 Å². The van der Waals surface area contributed by atoms with Crippen molar-refractivity contribution in [2.24, 2.45) is 0 Å². The second-order valence-electron chi connectivity index (χ2n) is 18.5. The SMILES string of the molecule is C[Si]1(C)c2ccccc2-c2cccc(-c3cc4c5ccccc5n(-c5ccccc5)c4cc3N(c3ccc(-c4cccc5ccccc45)cc3)c3ccc(-c4cccc5ccccc45)cc3)c21. The fourth-order valence-electron chi connectivity index (χ4n) is 11.3. The molecule has 0 fully saturated rings.